The molecule has 5 heteroatoms. The Hall–Kier alpha value is -1.07. The van der Waals surface area contributed by atoms with Crippen LogP contribution in [-0.2, 0) is 6.42 Å². The summed E-state index contributed by atoms with van der Waals surface area (Å²) >= 11 is 3.48. The van der Waals surface area contributed by atoms with Gasteiger partial charge in [-0.3, -0.25) is 0 Å². The van der Waals surface area contributed by atoms with Crippen molar-refractivity contribution in [2.24, 2.45) is 5.92 Å². The van der Waals surface area contributed by atoms with Crippen LogP contribution in [0.15, 0.2) is 22.9 Å². The van der Waals surface area contributed by atoms with E-state index in [9.17, 15) is 0 Å². The topological polar surface area (TPSA) is 55.3 Å². The van der Waals surface area contributed by atoms with Gasteiger partial charge >= 0.3 is 0 Å². The summed E-state index contributed by atoms with van der Waals surface area (Å²) in [4.78, 5) is 4.55. The minimum atomic E-state index is 0.707. The molecule has 1 aliphatic heterocycles. The Morgan fingerprint density at radius 2 is 2.31 bits per heavy atom. The Morgan fingerprint density at radius 3 is 3.00 bits per heavy atom. The first kappa shape index (κ1) is 10.1. The monoisotopic (exact) mass is 280 g/mol. The van der Waals surface area contributed by atoms with E-state index in [4.69, 9.17) is 5.73 Å². The molecule has 84 valence electrons. The number of nitrogens with two attached hydrogens (primary N) is 1. The van der Waals surface area contributed by atoms with Gasteiger partial charge in [-0.05, 0) is 47.1 Å². The third-order valence-electron chi connectivity index (χ3n) is 3.03. The summed E-state index contributed by atoms with van der Waals surface area (Å²) in [5, 5.41) is 3.27. The largest absolute Gasteiger partial charge is 0.398 e. The van der Waals surface area contributed by atoms with Crippen LogP contribution in [0.2, 0.25) is 0 Å². The van der Waals surface area contributed by atoms with Crippen molar-refractivity contribution in [3.63, 3.8) is 0 Å². The summed E-state index contributed by atoms with van der Waals surface area (Å²) in [5.74, 6) is 1.79. The standard InChI is InChI=1S/C11H13BrN4/c12-11-9-2-1-8(13)6-16(9)10(15-11)3-7-4-14-5-7/h1-2,6-7,14H,3-5,13H2. The maximum atomic E-state index is 5.80. The highest BCUT2D eigenvalue weighted by atomic mass is 79.9. The molecule has 1 aliphatic rings. The summed E-state index contributed by atoms with van der Waals surface area (Å²) in [6.45, 7) is 2.18. The maximum Gasteiger partial charge on any atom is 0.132 e. The number of anilines is 1. The van der Waals surface area contributed by atoms with E-state index < -0.39 is 0 Å². The van der Waals surface area contributed by atoms with Gasteiger partial charge in [-0.1, -0.05) is 0 Å². The van der Waals surface area contributed by atoms with Gasteiger partial charge < -0.3 is 15.5 Å². The highest BCUT2D eigenvalue weighted by molar-refractivity contribution is 9.10. The molecule has 0 saturated carbocycles. The van der Waals surface area contributed by atoms with Crippen molar-refractivity contribution in [1.82, 2.24) is 14.7 Å². The van der Waals surface area contributed by atoms with E-state index in [2.05, 4.69) is 30.6 Å². The van der Waals surface area contributed by atoms with Gasteiger partial charge in [0.05, 0.1) is 5.52 Å². The van der Waals surface area contributed by atoms with Crippen molar-refractivity contribution in [3.05, 3.63) is 28.8 Å². The molecule has 0 atom stereocenters. The zero-order valence-corrected chi connectivity index (χ0v) is 10.4. The predicted octanol–water partition coefficient (Wildman–Crippen LogP) is 1.44. The third-order valence-corrected chi connectivity index (χ3v) is 3.61. The van der Waals surface area contributed by atoms with Crippen LogP contribution in [0.1, 0.15) is 5.82 Å². The maximum absolute atomic E-state index is 5.80. The fourth-order valence-electron chi connectivity index (χ4n) is 2.02. The van der Waals surface area contributed by atoms with Gasteiger partial charge in [0.15, 0.2) is 0 Å². The molecule has 0 spiro atoms. The molecule has 16 heavy (non-hydrogen) atoms. The minimum absolute atomic E-state index is 0.707. The second kappa shape index (κ2) is 3.75. The first-order chi connectivity index (χ1) is 7.74. The number of hydrogen-bond acceptors (Lipinski definition) is 3. The second-order valence-corrected chi connectivity index (χ2v) is 5.02. The van der Waals surface area contributed by atoms with Crippen molar-refractivity contribution in [2.75, 3.05) is 18.8 Å². The van der Waals surface area contributed by atoms with Crippen LogP contribution in [-0.4, -0.2) is 22.5 Å². The molecule has 3 N–H and O–H groups in total. The van der Waals surface area contributed by atoms with Gasteiger partial charge in [-0.2, -0.15) is 0 Å². The van der Waals surface area contributed by atoms with Gasteiger partial charge in [0, 0.05) is 18.3 Å². The fourth-order valence-corrected chi connectivity index (χ4v) is 2.55. The van der Waals surface area contributed by atoms with Gasteiger partial charge in [0.1, 0.15) is 10.4 Å². The van der Waals surface area contributed by atoms with Crippen molar-refractivity contribution in [1.29, 1.82) is 0 Å². The smallest absolute Gasteiger partial charge is 0.132 e. The molecule has 1 fully saturated rings. The Kier molecular flexibility index (Phi) is 2.37. The van der Waals surface area contributed by atoms with Crippen molar-refractivity contribution in [3.8, 4) is 0 Å². The highest BCUT2D eigenvalue weighted by Crippen LogP contribution is 2.22. The van der Waals surface area contributed by atoms with Crippen molar-refractivity contribution >= 4 is 27.1 Å². The molecule has 3 heterocycles. The van der Waals surface area contributed by atoms with Crippen LogP contribution in [0, 0.1) is 5.92 Å². The first-order valence-corrected chi connectivity index (χ1v) is 6.16. The summed E-state index contributed by atoms with van der Waals surface area (Å²) in [6.07, 6.45) is 2.94. The zero-order chi connectivity index (χ0) is 11.1. The highest BCUT2D eigenvalue weighted by Gasteiger charge is 2.20. The number of nitrogens with zero attached hydrogens (tertiary/aromatic N) is 2. The number of nitrogen functional groups attached to an aromatic ring is 1. The predicted molar refractivity (Wildman–Crippen MR) is 67.4 cm³/mol. The molecule has 0 unspecified atom stereocenters. The number of halogens is 1. The lowest BCUT2D eigenvalue weighted by Gasteiger charge is -2.26. The Labute approximate surface area is 102 Å². The van der Waals surface area contributed by atoms with Crippen LogP contribution in [0.4, 0.5) is 5.69 Å². The number of aromatic nitrogens is 2. The summed E-state index contributed by atoms with van der Waals surface area (Å²) in [7, 11) is 0. The number of nitrogens with one attached hydrogen (secondary N) is 1. The lowest BCUT2D eigenvalue weighted by atomic mass is 9.99. The fraction of sp³-hybridized carbons (Fsp3) is 0.364. The van der Waals surface area contributed by atoms with Crippen LogP contribution < -0.4 is 11.1 Å². The molecule has 3 rings (SSSR count). The van der Waals surface area contributed by atoms with E-state index in [0.717, 1.165) is 41.1 Å². The van der Waals surface area contributed by atoms with Crippen LogP contribution >= 0.6 is 15.9 Å². The molecule has 0 amide bonds. The molecule has 0 bridgehead atoms. The van der Waals surface area contributed by atoms with E-state index in [1.54, 1.807) is 0 Å². The van der Waals surface area contributed by atoms with E-state index in [1.165, 1.54) is 0 Å². The quantitative estimate of drug-likeness (QED) is 0.875. The van der Waals surface area contributed by atoms with E-state index in [-0.39, 0.29) is 0 Å². The minimum Gasteiger partial charge on any atom is -0.398 e. The van der Waals surface area contributed by atoms with Gasteiger partial charge in [-0.15, -0.1) is 0 Å². The Bertz CT molecular complexity index is 530. The van der Waals surface area contributed by atoms with Gasteiger partial charge in [0.25, 0.3) is 0 Å². The molecule has 0 aromatic carbocycles. The summed E-state index contributed by atoms with van der Waals surface area (Å²) in [5.41, 5.74) is 7.65. The molecule has 2 aromatic heterocycles. The van der Waals surface area contributed by atoms with Crippen LogP contribution in [0.3, 0.4) is 0 Å². The summed E-state index contributed by atoms with van der Waals surface area (Å²) < 4.78 is 2.98. The average Bonchev–Trinajstić information content (AvgIpc) is 2.49. The van der Waals surface area contributed by atoms with Gasteiger partial charge in [0.2, 0.25) is 0 Å². The SMILES string of the molecule is Nc1ccc2c(Br)nc(CC3CNC3)n2c1. The summed E-state index contributed by atoms with van der Waals surface area (Å²) in [6, 6.07) is 3.89. The Balaban J connectivity index is 2.05. The van der Waals surface area contributed by atoms with Crippen LogP contribution in [0.5, 0.6) is 0 Å². The molecule has 0 aliphatic carbocycles. The molecule has 1 saturated heterocycles. The van der Waals surface area contributed by atoms with Crippen LogP contribution in [0.25, 0.3) is 5.52 Å². The average molecular weight is 281 g/mol. The number of fused-ring (bicyclic) bond motifs is 1. The molecule has 4 nitrogen and oxygen atoms in total. The lowest BCUT2D eigenvalue weighted by Crippen LogP contribution is -2.43. The molecule has 2 aromatic rings. The number of pyridine rings is 1. The lowest BCUT2D eigenvalue weighted by molar-refractivity contribution is 0.340. The molecular formula is C11H13BrN4. The number of hydrogen-bond donors (Lipinski definition) is 2. The van der Waals surface area contributed by atoms with E-state index in [1.807, 2.05) is 18.3 Å². The number of imidazole rings is 1. The molecule has 0 radical (unpaired) electrons. The van der Waals surface area contributed by atoms with E-state index in [0.29, 0.717) is 5.92 Å². The van der Waals surface area contributed by atoms with E-state index >= 15 is 0 Å². The van der Waals surface area contributed by atoms with Gasteiger partial charge in [-0.25, -0.2) is 4.98 Å². The second-order valence-electron chi connectivity index (χ2n) is 4.26. The Morgan fingerprint density at radius 1 is 1.50 bits per heavy atom. The first-order valence-electron chi connectivity index (χ1n) is 5.37. The van der Waals surface area contributed by atoms with Crippen molar-refractivity contribution < 1.29 is 0 Å². The zero-order valence-electron chi connectivity index (χ0n) is 8.78. The third kappa shape index (κ3) is 1.60. The normalized spacial score (nSPS) is 16.6. The number of rotatable bonds is 2. The van der Waals surface area contributed by atoms with Crippen molar-refractivity contribution in [2.45, 2.75) is 6.42 Å². The molecular weight excluding hydrogens is 268 g/mol.